The Morgan fingerprint density at radius 3 is 2.71 bits per heavy atom. The van der Waals surface area contributed by atoms with Crippen LogP contribution in [0.5, 0.6) is 5.75 Å². The minimum absolute atomic E-state index is 0.101. The van der Waals surface area contributed by atoms with Gasteiger partial charge in [0.05, 0.1) is 37.1 Å². The minimum atomic E-state index is 0.101. The van der Waals surface area contributed by atoms with E-state index in [2.05, 4.69) is 22.1 Å². The Kier molecular flexibility index (Phi) is 5.38. The first-order chi connectivity index (χ1) is 13.7. The van der Waals surface area contributed by atoms with E-state index in [4.69, 9.17) is 19.7 Å². The van der Waals surface area contributed by atoms with Gasteiger partial charge >= 0.3 is 0 Å². The number of rotatable bonds is 6. The largest absolute Gasteiger partial charge is 0.497 e. The third-order valence-corrected chi connectivity index (χ3v) is 4.88. The van der Waals surface area contributed by atoms with Crippen LogP contribution in [-0.4, -0.2) is 29.3 Å². The molecule has 0 saturated carbocycles. The van der Waals surface area contributed by atoms with E-state index in [9.17, 15) is 0 Å². The van der Waals surface area contributed by atoms with Gasteiger partial charge in [0.15, 0.2) is 0 Å². The predicted molar refractivity (Wildman–Crippen MR) is 106 cm³/mol. The topological polar surface area (TPSA) is 72.1 Å². The van der Waals surface area contributed by atoms with E-state index in [-0.39, 0.29) is 6.10 Å². The molecule has 6 heteroatoms. The van der Waals surface area contributed by atoms with Crippen LogP contribution in [0.3, 0.4) is 0 Å². The maximum atomic E-state index is 8.86. The van der Waals surface area contributed by atoms with Crippen molar-refractivity contribution in [1.29, 1.82) is 5.26 Å². The SMILES string of the molecule is COc1ccc(-c2cn3c(n2)CO[C@@H](CNCc2ccc(C#N)cc2)C3)cc1. The Bertz CT molecular complexity index is 971. The predicted octanol–water partition coefficient (Wildman–Crippen LogP) is 3.12. The first kappa shape index (κ1) is 18.2. The Morgan fingerprint density at radius 1 is 1.21 bits per heavy atom. The minimum Gasteiger partial charge on any atom is -0.497 e. The average molecular weight is 374 g/mol. The number of ether oxygens (including phenoxy) is 2. The molecule has 1 atom stereocenters. The van der Waals surface area contributed by atoms with Crippen molar-refractivity contribution >= 4 is 0 Å². The summed E-state index contributed by atoms with van der Waals surface area (Å²) in [4.78, 5) is 4.71. The lowest BCUT2D eigenvalue weighted by Crippen LogP contribution is -2.35. The molecule has 142 valence electrons. The molecule has 0 unspecified atom stereocenters. The second-order valence-electron chi connectivity index (χ2n) is 6.80. The molecule has 0 bridgehead atoms. The fraction of sp³-hybridized carbons (Fsp3) is 0.273. The van der Waals surface area contributed by atoms with Crippen molar-refractivity contribution < 1.29 is 9.47 Å². The summed E-state index contributed by atoms with van der Waals surface area (Å²) in [6.07, 6.45) is 2.19. The van der Waals surface area contributed by atoms with Gasteiger partial charge in [-0.05, 0) is 42.0 Å². The summed E-state index contributed by atoms with van der Waals surface area (Å²) < 4.78 is 13.3. The summed E-state index contributed by atoms with van der Waals surface area (Å²) in [6.45, 7) is 2.80. The molecule has 1 aliphatic rings. The zero-order chi connectivity index (χ0) is 19.3. The van der Waals surface area contributed by atoms with Crippen LogP contribution in [0.4, 0.5) is 0 Å². The molecular formula is C22H22N4O2. The molecule has 0 radical (unpaired) electrons. The normalized spacial score (nSPS) is 15.6. The van der Waals surface area contributed by atoms with E-state index in [0.29, 0.717) is 12.2 Å². The van der Waals surface area contributed by atoms with E-state index < -0.39 is 0 Å². The van der Waals surface area contributed by atoms with Gasteiger partial charge in [-0.15, -0.1) is 0 Å². The number of nitriles is 1. The Balaban J connectivity index is 1.34. The van der Waals surface area contributed by atoms with Crippen molar-refractivity contribution in [3.05, 3.63) is 71.7 Å². The van der Waals surface area contributed by atoms with Crippen LogP contribution in [0.25, 0.3) is 11.3 Å². The van der Waals surface area contributed by atoms with Crippen molar-refractivity contribution in [3.8, 4) is 23.1 Å². The van der Waals surface area contributed by atoms with Crippen molar-refractivity contribution in [3.63, 3.8) is 0 Å². The lowest BCUT2D eigenvalue weighted by molar-refractivity contribution is 0.00278. The number of imidazole rings is 1. The van der Waals surface area contributed by atoms with Crippen LogP contribution in [0, 0.1) is 11.3 Å². The number of aromatic nitrogens is 2. The molecule has 28 heavy (non-hydrogen) atoms. The van der Waals surface area contributed by atoms with Crippen LogP contribution in [0.15, 0.2) is 54.7 Å². The number of methoxy groups -OCH3 is 1. The Morgan fingerprint density at radius 2 is 2.00 bits per heavy atom. The highest BCUT2D eigenvalue weighted by molar-refractivity contribution is 5.59. The Labute approximate surface area is 164 Å². The van der Waals surface area contributed by atoms with Crippen LogP contribution in [0.1, 0.15) is 17.0 Å². The van der Waals surface area contributed by atoms with Crippen molar-refractivity contribution in [1.82, 2.24) is 14.9 Å². The maximum Gasteiger partial charge on any atom is 0.135 e. The summed E-state index contributed by atoms with van der Waals surface area (Å²) in [5.74, 6) is 1.79. The van der Waals surface area contributed by atoms with Crippen LogP contribution >= 0.6 is 0 Å². The first-order valence-corrected chi connectivity index (χ1v) is 9.27. The zero-order valence-electron chi connectivity index (χ0n) is 15.8. The lowest BCUT2D eigenvalue weighted by Gasteiger charge is -2.24. The molecule has 0 saturated heterocycles. The third kappa shape index (κ3) is 4.06. The number of nitrogens with one attached hydrogen (secondary N) is 1. The molecule has 1 aromatic heterocycles. The van der Waals surface area contributed by atoms with E-state index >= 15 is 0 Å². The van der Waals surface area contributed by atoms with Gasteiger partial charge in [0.25, 0.3) is 0 Å². The summed E-state index contributed by atoms with van der Waals surface area (Å²) in [5, 5.41) is 12.3. The average Bonchev–Trinajstić information content (AvgIpc) is 3.18. The second kappa shape index (κ2) is 8.26. The van der Waals surface area contributed by atoms with Gasteiger partial charge in [0.1, 0.15) is 18.2 Å². The summed E-state index contributed by atoms with van der Waals surface area (Å²) >= 11 is 0. The monoisotopic (exact) mass is 374 g/mol. The molecular weight excluding hydrogens is 352 g/mol. The number of benzene rings is 2. The molecule has 0 amide bonds. The maximum absolute atomic E-state index is 8.86. The van der Waals surface area contributed by atoms with Gasteiger partial charge in [-0.3, -0.25) is 0 Å². The van der Waals surface area contributed by atoms with Crippen molar-refractivity contribution in [2.75, 3.05) is 13.7 Å². The number of nitrogens with zero attached hydrogens (tertiary/aromatic N) is 3. The van der Waals surface area contributed by atoms with Gasteiger partial charge in [-0.25, -0.2) is 4.98 Å². The van der Waals surface area contributed by atoms with Gasteiger partial charge in [-0.1, -0.05) is 12.1 Å². The first-order valence-electron chi connectivity index (χ1n) is 9.27. The van der Waals surface area contributed by atoms with E-state index in [1.54, 1.807) is 7.11 Å². The molecule has 0 spiro atoms. The number of hydrogen-bond acceptors (Lipinski definition) is 5. The molecule has 2 heterocycles. The van der Waals surface area contributed by atoms with Crippen LogP contribution in [0.2, 0.25) is 0 Å². The molecule has 3 aromatic rings. The Hall–Kier alpha value is -3.14. The standard InChI is InChI=1S/C22H22N4O2/c1-27-19-8-6-18(7-9-19)21-14-26-13-20(28-15-22(26)25-21)12-24-11-17-4-2-16(10-23)3-5-17/h2-9,14,20,24H,11-13,15H2,1H3/t20-/m0/s1. The molecule has 0 aliphatic carbocycles. The lowest BCUT2D eigenvalue weighted by atomic mass is 10.1. The van der Waals surface area contributed by atoms with Gasteiger partial charge in [0, 0.05) is 24.8 Å². The highest BCUT2D eigenvalue weighted by Gasteiger charge is 2.21. The number of fused-ring (bicyclic) bond motifs is 1. The molecule has 1 N–H and O–H groups in total. The van der Waals surface area contributed by atoms with Gasteiger partial charge in [-0.2, -0.15) is 5.26 Å². The fourth-order valence-corrected chi connectivity index (χ4v) is 3.29. The van der Waals surface area contributed by atoms with Crippen molar-refractivity contribution in [2.45, 2.75) is 25.8 Å². The van der Waals surface area contributed by atoms with E-state index in [1.165, 1.54) is 0 Å². The summed E-state index contributed by atoms with van der Waals surface area (Å²) in [7, 11) is 1.66. The molecule has 6 nitrogen and oxygen atoms in total. The second-order valence-corrected chi connectivity index (χ2v) is 6.80. The molecule has 0 fully saturated rings. The summed E-state index contributed by atoms with van der Waals surface area (Å²) in [6, 6.07) is 17.7. The molecule has 1 aliphatic heterocycles. The summed E-state index contributed by atoms with van der Waals surface area (Å²) in [5.41, 5.74) is 3.85. The highest BCUT2D eigenvalue weighted by Crippen LogP contribution is 2.24. The molecule has 2 aromatic carbocycles. The van der Waals surface area contributed by atoms with Crippen molar-refractivity contribution in [2.24, 2.45) is 0 Å². The van der Waals surface area contributed by atoms with Gasteiger partial charge < -0.3 is 19.4 Å². The quantitative estimate of drug-likeness (QED) is 0.718. The number of hydrogen-bond donors (Lipinski definition) is 1. The zero-order valence-corrected chi connectivity index (χ0v) is 15.8. The van der Waals surface area contributed by atoms with E-state index in [0.717, 1.165) is 48.0 Å². The highest BCUT2D eigenvalue weighted by atomic mass is 16.5. The smallest absolute Gasteiger partial charge is 0.135 e. The molecule has 4 rings (SSSR count). The fourth-order valence-electron chi connectivity index (χ4n) is 3.29. The van der Waals surface area contributed by atoms with E-state index in [1.807, 2.05) is 48.5 Å². The van der Waals surface area contributed by atoms with Crippen LogP contribution < -0.4 is 10.1 Å². The van der Waals surface area contributed by atoms with Crippen LogP contribution in [-0.2, 0) is 24.4 Å². The van der Waals surface area contributed by atoms with Gasteiger partial charge in [0.2, 0.25) is 0 Å². The third-order valence-electron chi connectivity index (χ3n) is 4.88.